The minimum absolute atomic E-state index is 0.0700. The summed E-state index contributed by atoms with van der Waals surface area (Å²) in [6.07, 6.45) is -0.526. The molecule has 3 amide bonds. The first-order valence-corrected chi connectivity index (χ1v) is 8.11. The van der Waals surface area contributed by atoms with Gasteiger partial charge < -0.3 is 20.3 Å². The molecule has 0 aliphatic carbocycles. The maximum Gasteiger partial charge on any atom is 0.407 e. The fourth-order valence-corrected chi connectivity index (χ4v) is 1.91. The van der Waals surface area contributed by atoms with Crippen LogP contribution in [0.15, 0.2) is 24.3 Å². The molecule has 1 aromatic rings. The molecule has 0 aliphatic rings. The van der Waals surface area contributed by atoms with E-state index in [1.54, 1.807) is 52.1 Å². The van der Waals surface area contributed by atoms with Gasteiger partial charge in [-0.25, -0.2) is 9.59 Å². The second kappa shape index (κ2) is 8.50. The SMILES string of the molecule is CC(=O)c1cccc(NC(=O)N(C)C(C)CNC(=O)OC(C)(C)C)c1. The molecule has 0 bridgehead atoms. The van der Waals surface area contributed by atoms with Crippen LogP contribution in [-0.4, -0.2) is 48.0 Å². The lowest BCUT2D eigenvalue weighted by atomic mass is 10.1. The van der Waals surface area contributed by atoms with Gasteiger partial charge in [-0.2, -0.15) is 0 Å². The Labute approximate surface area is 148 Å². The number of nitrogens with one attached hydrogen (secondary N) is 2. The summed E-state index contributed by atoms with van der Waals surface area (Å²) < 4.78 is 5.16. The van der Waals surface area contributed by atoms with E-state index in [1.165, 1.54) is 11.8 Å². The number of nitrogens with zero attached hydrogens (tertiary/aromatic N) is 1. The van der Waals surface area contributed by atoms with Gasteiger partial charge in [-0.3, -0.25) is 4.79 Å². The van der Waals surface area contributed by atoms with Crippen LogP contribution in [0.1, 0.15) is 45.0 Å². The number of carbonyl (C=O) groups is 3. The Kier molecular flexibility index (Phi) is 6.97. The molecule has 0 aromatic heterocycles. The maximum absolute atomic E-state index is 12.3. The molecular formula is C18H27N3O4. The van der Waals surface area contributed by atoms with Crippen molar-refractivity contribution in [2.45, 2.75) is 46.3 Å². The first-order valence-electron chi connectivity index (χ1n) is 8.11. The zero-order valence-corrected chi connectivity index (χ0v) is 15.7. The molecule has 0 heterocycles. The fourth-order valence-electron chi connectivity index (χ4n) is 1.91. The highest BCUT2D eigenvalue weighted by Gasteiger charge is 2.19. The summed E-state index contributed by atoms with van der Waals surface area (Å²) in [5.74, 6) is -0.0700. The van der Waals surface area contributed by atoms with Crippen LogP contribution < -0.4 is 10.6 Å². The molecule has 0 spiro atoms. The number of ether oxygens (including phenoxy) is 1. The monoisotopic (exact) mass is 349 g/mol. The van der Waals surface area contributed by atoms with Crippen LogP contribution in [0.2, 0.25) is 0 Å². The molecule has 0 fully saturated rings. The first kappa shape index (κ1) is 20.5. The highest BCUT2D eigenvalue weighted by atomic mass is 16.6. The van der Waals surface area contributed by atoms with E-state index >= 15 is 0 Å². The third-order valence-electron chi connectivity index (χ3n) is 3.44. The van der Waals surface area contributed by atoms with Crippen molar-refractivity contribution in [2.24, 2.45) is 0 Å². The smallest absolute Gasteiger partial charge is 0.407 e. The number of ketones is 1. The Bertz CT molecular complexity index is 637. The van der Waals surface area contributed by atoms with Gasteiger partial charge in [0.1, 0.15) is 5.60 Å². The lowest BCUT2D eigenvalue weighted by Crippen LogP contribution is -2.45. The molecule has 1 aromatic carbocycles. The van der Waals surface area contributed by atoms with Gasteiger partial charge in [-0.05, 0) is 46.8 Å². The lowest BCUT2D eigenvalue weighted by molar-refractivity contribution is 0.0516. The normalized spacial score (nSPS) is 12.1. The number of urea groups is 1. The van der Waals surface area contributed by atoms with Gasteiger partial charge in [0.05, 0.1) is 0 Å². The van der Waals surface area contributed by atoms with Crippen LogP contribution in [0.25, 0.3) is 0 Å². The van der Waals surface area contributed by atoms with E-state index in [0.29, 0.717) is 11.3 Å². The number of hydrogen-bond acceptors (Lipinski definition) is 4. The molecule has 138 valence electrons. The Hall–Kier alpha value is -2.57. The summed E-state index contributed by atoms with van der Waals surface area (Å²) in [5, 5.41) is 5.37. The highest BCUT2D eigenvalue weighted by molar-refractivity contribution is 5.96. The van der Waals surface area contributed by atoms with Crippen molar-refractivity contribution in [1.29, 1.82) is 0 Å². The zero-order valence-electron chi connectivity index (χ0n) is 15.7. The molecule has 0 saturated carbocycles. The molecule has 25 heavy (non-hydrogen) atoms. The largest absolute Gasteiger partial charge is 0.444 e. The number of likely N-dealkylation sites (N-methyl/N-ethyl adjacent to an activating group) is 1. The van der Waals surface area contributed by atoms with E-state index < -0.39 is 11.7 Å². The minimum Gasteiger partial charge on any atom is -0.444 e. The second-order valence-electron chi connectivity index (χ2n) is 6.91. The molecule has 2 N–H and O–H groups in total. The van der Waals surface area contributed by atoms with Gasteiger partial charge in [-0.15, -0.1) is 0 Å². The molecule has 1 atom stereocenters. The van der Waals surface area contributed by atoms with Crippen LogP contribution in [-0.2, 0) is 4.74 Å². The van der Waals surface area contributed by atoms with E-state index in [4.69, 9.17) is 4.74 Å². The number of amides is 3. The summed E-state index contributed by atoms with van der Waals surface area (Å²) >= 11 is 0. The fraction of sp³-hybridized carbons (Fsp3) is 0.500. The van der Waals surface area contributed by atoms with Gasteiger partial charge >= 0.3 is 12.1 Å². The summed E-state index contributed by atoms with van der Waals surface area (Å²) in [6.45, 7) is 8.88. The molecule has 0 saturated heterocycles. The average Bonchev–Trinajstić information content (AvgIpc) is 2.50. The number of carbonyl (C=O) groups excluding carboxylic acids is 3. The molecule has 0 radical (unpaired) electrons. The van der Waals surface area contributed by atoms with E-state index in [9.17, 15) is 14.4 Å². The van der Waals surface area contributed by atoms with Crippen molar-refractivity contribution in [3.8, 4) is 0 Å². The topological polar surface area (TPSA) is 87.7 Å². The number of benzene rings is 1. The summed E-state index contributed by atoms with van der Waals surface area (Å²) in [7, 11) is 1.63. The van der Waals surface area contributed by atoms with Gasteiger partial charge in [0, 0.05) is 30.9 Å². The predicted molar refractivity (Wildman–Crippen MR) is 96.9 cm³/mol. The third kappa shape index (κ3) is 7.24. The number of anilines is 1. The van der Waals surface area contributed by atoms with Gasteiger partial charge in [0.25, 0.3) is 0 Å². The molecule has 7 nitrogen and oxygen atoms in total. The number of hydrogen-bond donors (Lipinski definition) is 2. The molecule has 7 heteroatoms. The first-order chi connectivity index (χ1) is 11.5. The van der Waals surface area contributed by atoms with Gasteiger partial charge in [0.2, 0.25) is 0 Å². The Morgan fingerprint density at radius 1 is 1.24 bits per heavy atom. The summed E-state index contributed by atoms with van der Waals surface area (Å²) in [4.78, 5) is 36.8. The zero-order chi connectivity index (χ0) is 19.2. The van der Waals surface area contributed by atoms with E-state index in [2.05, 4.69) is 10.6 Å². The van der Waals surface area contributed by atoms with Crippen LogP contribution in [0, 0.1) is 0 Å². The highest BCUT2D eigenvalue weighted by Crippen LogP contribution is 2.12. The standard InChI is InChI=1S/C18H27N3O4/c1-12(11-19-17(24)25-18(3,4)5)21(6)16(23)20-15-9-7-8-14(10-15)13(2)22/h7-10,12H,11H2,1-6H3,(H,19,24)(H,20,23). The number of Topliss-reactive ketones (excluding diaryl/α,β-unsaturated/α-hetero) is 1. The quantitative estimate of drug-likeness (QED) is 0.799. The van der Waals surface area contributed by atoms with Gasteiger partial charge in [-0.1, -0.05) is 12.1 Å². The van der Waals surface area contributed by atoms with Crippen molar-refractivity contribution in [1.82, 2.24) is 10.2 Å². The van der Waals surface area contributed by atoms with E-state index in [1.807, 2.05) is 6.92 Å². The second-order valence-corrected chi connectivity index (χ2v) is 6.91. The Morgan fingerprint density at radius 3 is 2.44 bits per heavy atom. The van der Waals surface area contributed by atoms with E-state index in [0.717, 1.165) is 0 Å². The molecule has 0 aliphatic heterocycles. The number of rotatable bonds is 5. The molecule has 1 rings (SSSR count). The predicted octanol–water partition coefficient (Wildman–Crippen LogP) is 3.27. The lowest BCUT2D eigenvalue weighted by Gasteiger charge is -2.26. The summed E-state index contributed by atoms with van der Waals surface area (Å²) in [6, 6.07) is 6.15. The maximum atomic E-state index is 12.3. The number of alkyl carbamates (subject to hydrolysis) is 1. The van der Waals surface area contributed by atoms with Crippen LogP contribution >= 0.6 is 0 Å². The Balaban J connectivity index is 2.56. The Morgan fingerprint density at radius 2 is 1.88 bits per heavy atom. The molecular weight excluding hydrogens is 322 g/mol. The molecule has 1 unspecified atom stereocenters. The minimum atomic E-state index is -0.571. The van der Waals surface area contributed by atoms with Crippen molar-refractivity contribution >= 4 is 23.6 Å². The van der Waals surface area contributed by atoms with Crippen molar-refractivity contribution in [2.75, 3.05) is 18.9 Å². The van der Waals surface area contributed by atoms with Gasteiger partial charge in [0.15, 0.2) is 5.78 Å². The van der Waals surface area contributed by atoms with Crippen molar-refractivity contribution < 1.29 is 19.1 Å². The van der Waals surface area contributed by atoms with Crippen LogP contribution in [0.3, 0.4) is 0 Å². The van der Waals surface area contributed by atoms with Crippen LogP contribution in [0.4, 0.5) is 15.3 Å². The van der Waals surface area contributed by atoms with Crippen molar-refractivity contribution in [3.63, 3.8) is 0 Å². The van der Waals surface area contributed by atoms with Crippen molar-refractivity contribution in [3.05, 3.63) is 29.8 Å². The third-order valence-corrected chi connectivity index (χ3v) is 3.44. The average molecular weight is 349 g/mol. The summed E-state index contributed by atoms with van der Waals surface area (Å²) in [5.41, 5.74) is 0.496. The van der Waals surface area contributed by atoms with Crippen LogP contribution in [0.5, 0.6) is 0 Å². The van der Waals surface area contributed by atoms with E-state index in [-0.39, 0.29) is 24.4 Å².